The molecule has 1 amide bonds. The molecule has 9 nitrogen and oxygen atoms in total. The predicted molar refractivity (Wildman–Crippen MR) is 170 cm³/mol. The Morgan fingerprint density at radius 3 is 2.30 bits per heavy atom. The van der Waals surface area contributed by atoms with Crippen LogP contribution in [0.2, 0.25) is 10.0 Å². The monoisotopic (exact) mass is 658 g/mol. The third kappa shape index (κ3) is 7.82. The molecule has 0 unspecified atom stereocenters. The Bertz CT molecular complexity index is 1760. The van der Waals surface area contributed by atoms with Crippen LogP contribution in [0, 0.1) is 0 Å². The SMILES string of the molecule is CC(C)(C)N(C[C@H](O)c1ccc(O)c(CO)c1)C(=O)c1cc(Cl)ccc1NS(=O)(=O)c1ccc(Oc2ccccc2Cl)cc1. The third-order valence-electron chi connectivity index (χ3n) is 6.72. The zero-order valence-electron chi connectivity index (χ0n) is 24.2. The number of benzene rings is 4. The molecule has 0 fully saturated rings. The van der Waals surface area contributed by atoms with Crippen molar-refractivity contribution in [3.63, 3.8) is 0 Å². The summed E-state index contributed by atoms with van der Waals surface area (Å²) in [7, 11) is -4.16. The Balaban J connectivity index is 1.60. The van der Waals surface area contributed by atoms with Crippen LogP contribution in [0.5, 0.6) is 17.2 Å². The molecule has 4 rings (SSSR count). The quantitative estimate of drug-likeness (QED) is 0.148. The van der Waals surface area contributed by atoms with Gasteiger partial charge in [-0.2, -0.15) is 0 Å². The summed E-state index contributed by atoms with van der Waals surface area (Å²) >= 11 is 12.4. The van der Waals surface area contributed by atoms with E-state index in [0.29, 0.717) is 22.1 Å². The van der Waals surface area contributed by atoms with Gasteiger partial charge in [0.15, 0.2) is 0 Å². The van der Waals surface area contributed by atoms with Crippen LogP contribution < -0.4 is 9.46 Å². The summed E-state index contributed by atoms with van der Waals surface area (Å²) < 4.78 is 35.0. The number of hydrogen-bond acceptors (Lipinski definition) is 7. The molecule has 0 saturated carbocycles. The zero-order chi connectivity index (χ0) is 32.2. The van der Waals surface area contributed by atoms with Gasteiger partial charge in [0, 0.05) is 16.1 Å². The summed E-state index contributed by atoms with van der Waals surface area (Å²) in [6, 6.07) is 21.1. The van der Waals surface area contributed by atoms with Crippen molar-refractivity contribution in [1.82, 2.24) is 4.90 Å². The van der Waals surface area contributed by atoms with E-state index in [9.17, 15) is 28.5 Å². The molecule has 4 aromatic rings. The average Bonchev–Trinajstić information content (AvgIpc) is 2.97. The van der Waals surface area contributed by atoms with Gasteiger partial charge in [-0.1, -0.05) is 41.4 Å². The number of ether oxygens (including phenoxy) is 1. The number of aromatic hydroxyl groups is 1. The van der Waals surface area contributed by atoms with Crippen LogP contribution in [0.1, 0.15) is 48.4 Å². The third-order valence-corrected chi connectivity index (χ3v) is 8.65. The van der Waals surface area contributed by atoms with Crippen LogP contribution in [0.15, 0.2) is 89.8 Å². The van der Waals surface area contributed by atoms with Gasteiger partial charge in [0.2, 0.25) is 0 Å². The Hall–Kier alpha value is -3.80. The lowest BCUT2D eigenvalue weighted by Crippen LogP contribution is -2.47. The molecule has 0 aliphatic heterocycles. The van der Waals surface area contributed by atoms with Crippen LogP contribution in [-0.2, 0) is 16.6 Å². The van der Waals surface area contributed by atoms with Gasteiger partial charge in [0.25, 0.3) is 15.9 Å². The Labute approximate surface area is 266 Å². The molecule has 0 heterocycles. The molecule has 12 heteroatoms. The Kier molecular flexibility index (Phi) is 10.1. The summed E-state index contributed by atoms with van der Waals surface area (Å²) in [6.45, 7) is 4.71. The highest BCUT2D eigenvalue weighted by molar-refractivity contribution is 7.92. The summed E-state index contributed by atoms with van der Waals surface area (Å²) in [4.78, 5) is 15.3. The van der Waals surface area contributed by atoms with E-state index in [4.69, 9.17) is 27.9 Å². The number of para-hydroxylation sites is 1. The molecular formula is C32H32Cl2N2O7S. The van der Waals surface area contributed by atoms with Gasteiger partial charge in [0.05, 0.1) is 40.4 Å². The second-order valence-corrected chi connectivity index (χ2v) is 13.5. The zero-order valence-corrected chi connectivity index (χ0v) is 26.5. The number of halogens is 2. The second kappa shape index (κ2) is 13.5. The molecule has 0 aliphatic rings. The molecule has 4 aromatic carbocycles. The number of nitrogens with one attached hydrogen (secondary N) is 1. The van der Waals surface area contributed by atoms with E-state index in [2.05, 4.69) is 4.72 Å². The van der Waals surface area contributed by atoms with Crippen molar-refractivity contribution in [1.29, 1.82) is 0 Å². The van der Waals surface area contributed by atoms with E-state index in [1.807, 2.05) is 0 Å². The van der Waals surface area contributed by atoms with Gasteiger partial charge in [-0.05, 0) is 93.1 Å². The van der Waals surface area contributed by atoms with Gasteiger partial charge < -0.3 is 25.0 Å². The number of hydrogen-bond donors (Lipinski definition) is 4. The molecule has 232 valence electrons. The van der Waals surface area contributed by atoms with Crippen molar-refractivity contribution in [3.05, 3.63) is 112 Å². The number of anilines is 1. The number of carbonyl (C=O) groups is 1. The van der Waals surface area contributed by atoms with Crippen molar-refractivity contribution in [3.8, 4) is 17.2 Å². The van der Waals surface area contributed by atoms with Gasteiger partial charge >= 0.3 is 0 Å². The molecule has 0 aromatic heterocycles. The number of amides is 1. The summed E-state index contributed by atoms with van der Waals surface area (Å²) in [5.74, 6) is 0.0886. The first-order chi connectivity index (χ1) is 20.7. The van der Waals surface area contributed by atoms with Crippen LogP contribution in [0.25, 0.3) is 0 Å². The maximum Gasteiger partial charge on any atom is 0.261 e. The number of carbonyl (C=O) groups excluding carboxylic acids is 1. The molecule has 1 atom stereocenters. The second-order valence-electron chi connectivity index (χ2n) is 10.9. The number of sulfonamides is 1. The smallest absolute Gasteiger partial charge is 0.261 e. The Morgan fingerprint density at radius 1 is 0.977 bits per heavy atom. The lowest BCUT2D eigenvalue weighted by Gasteiger charge is -2.37. The highest BCUT2D eigenvalue weighted by Gasteiger charge is 2.32. The summed E-state index contributed by atoms with van der Waals surface area (Å²) in [5.41, 5.74) is -0.242. The largest absolute Gasteiger partial charge is 0.508 e. The van der Waals surface area contributed by atoms with E-state index in [-0.39, 0.29) is 39.0 Å². The van der Waals surface area contributed by atoms with E-state index < -0.39 is 34.2 Å². The fourth-order valence-electron chi connectivity index (χ4n) is 4.35. The topological polar surface area (TPSA) is 136 Å². The fourth-order valence-corrected chi connectivity index (χ4v) is 5.78. The minimum atomic E-state index is -4.16. The van der Waals surface area contributed by atoms with Gasteiger partial charge in [-0.25, -0.2) is 8.42 Å². The van der Waals surface area contributed by atoms with Crippen molar-refractivity contribution in [2.45, 2.75) is 43.9 Å². The fraction of sp³-hybridized carbons (Fsp3) is 0.219. The first kappa shape index (κ1) is 33.1. The molecule has 0 radical (unpaired) electrons. The molecule has 0 aliphatic carbocycles. The van der Waals surface area contributed by atoms with Gasteiger partial charge in [-0.3, -0.25) is 9.52 Å². The molecular weight excluding hydrogens is 627 g/mol. The molecule has 0 saturated heterocycles. The summed E-state index contributed by atoms with van der Waals surface area (Å²) in [6.07, 6.45) is -1.19. The van der Waals surface area contributed by atoms with E-state index >= 15 is 0 Å². The first-order valence-corrected chi connectivity index (χ1v) is 15.7. The lowest BCUT2D eigenvalue weighted by atomic mass is 9.99. The first-order valence-electron chi connectivity index (χ1n) is 13.5. The predicted octanol–water partition coefficient (Wildman–Crippen LogP) is 6.76. The normalized spacial score (nSPS) is 12.4. The minimum absolute atomic E-state index is 0.00765. The molecule has 0 bridgehead atoms. The van der Waals surface area contributed by atoms with Crippen LogP contribution in [0.3, 0.4) is 0 Å². The van der Waals surface area contributed by atoms with Crippen molar-refractivity contribution in [2.24, 2.45) is 0 Å². The molecule has 4 N–H and O–H groups in total. The molecule has 44 heavy (non-hydrogen) atoms. The van der Waals surface area contributed by atoms with E-state index in [0.717, 1.165) is 0 Å². The standard InChI is InChI=1S/C32H32Cl2N2O7S/c1-32(2,3)36(18-29(39)20-8-15-28(38)21(16-20)19-37)31(40)25-17-22(33)9-14-27(25)35-44(41,42)24-12-10-23(11-13-24)43-30-7-5-4-6-26(30)34/h4-17,29,35,37-39H,18-19H2,1-3H3/t29-/m0/s1. The maximum atomic E-state index is 14.0. The highest BCUT2D eigenvalue weighted by Crippen LogP contribution is 2.32. The highest BCUT2D eigenvalue weighted by atomic mass is 35.5. The van der Waals surface area contributed by atoms with E-state index in [1.165, 1.54) is 65.6 Å². The molecule has 0 spiro atoms. The van der Waals surface area contributed by atoms with Crippen LogP contribution in [-0.4, -0.2) is 46.6 Å². The maximum absolute atomic E-state index is 14.0. The van der Waals surface area contributed by atoms with Gasteiger partial charge in [0.1, 0.15) is 17.2 Å². The van der Waals surface area contributed by atoms with Crippen LogP contribution in [0.4, 0.5) is 5.69 Å². The van der Waals surface area contributed by atoms with Crippen LogP contribution >= 0.6 is 23.2 Å². The number of nitrogens with zero attached hydrogens (tertiary/aromatic N) is 1. The lowest BCUT2D eigenvalue weighted by molar-refractivity contribution is 0.0383. The van der Waals surface area contributed by atoms with Crippen molar-refractivity contribution in [2.75, 3.05) is 11.3 Å². The summed E-state index contributed by atoms with van der Waals surface area (Å²) in [5, 5.41) is 31.0. The average molecular weight is 660 g/mol. The van der Waals surface area contributed by atoms with Crippen molar-refractivity contribution >= 4 is 44.8 Å². The van der Waals surface area contributed by atoms with E-state index in [1.54, 1.807) is 45.0 Å². The number of rotatable bonds is 10. The number of β-amino-alcohol motifs (C(OH)–C–C–N with tert-alkyl or cyclic N) is 1. The van der Waals surface area contributed by atoms with Crippen molar-refractivity contribution < 1.29 is 33.3 Å². The number of aliphatic hydroxyl groups is 2. The minimum Gasteiger partial charge on any atom is -0.508 e. The Morgan fingerprint density at radius 2 is 1.66 bits per heavy atom. The number of phenols is 1. The van der Waals surface area contributed by atoms with Gasteiger partial charge in [-0.15, -0.1) is 0 Å². The number of aliphatic hydroxyl groups excluding tert-OH is 2.